The number of fused-ring (bicyclic) bond motifs is 10. The van der Waals surface area contributed by atoms with Crippen LogP contribution < -0.4 is 5.73 Å². The summed E-state index contributed by atoms with van der Waals surface area (Å²) in [5, 5.41) is 46.2. The SMILES string of the molecule is C.C.C[C@@]1(O)CC[C@@]2(C)[C@H](CC[C@@H]3[C@@H]2CC[C@]2(C)[C@@H](C(=O)Cn4cc(C(N)=O)nn4)CC[C@@H]32)C1.C[C@@]1(O)CC[C@@]2(C)[C@H](CC[C@@H]3[C@@H]2CC[C@]2(C)[C@@H](C(=O)Cn4ncc(C#N)n4)CC[C@@H]32)C1. The van der Waals surface area contributed by atoms with Crippen molar-refractivity contribution in [3.8, 4) is 6.07 Å². The molecule has 0 bridgehead atoms. The molecule has 0 aromatic carbocycles. The Kier molecular flexibility index (Phi) is 13.3. The highest BCUT2D eigenvalue weighted by molar-refractivity contribution is 5.90. The van der Waals surface area contributed by atoms with Gasteiger partial charge in [0.2, 0.25) is 0 Å². The third-order valence-corrected chi connectivity index (χ3v) is 20.7. The number of hydrogen-bond acceptors (Lipinski definition) is 10. The van der Waals surface area contributed by atoms with E-state index in [0.717, 1.165) is 88.9 Å². The third-order valence-electron chi connectivity index (χ3n) is 20.7. The average Bonchev–Trinajstić information content (AvgIpc) is 4.03. The Bertz CT molecular complexity index is 2140. The van der Waals surface area contributed by atoms with Gasteiger partial charge in [-0.3, -0.25) is 14.4 Å². The lowest BCUT2D eigenvalue weighted by Gasteiger charge is -2.61. The van der Waals surface area contributed by atoms with Crippen LogP contribution >= 0.6 is 0 Å². The van der Waals surface area contributed by atoms with Crippen LogP contribution in [0.15, 0.2) is 12.4 Å². The van der Waals surface area contributed by atoms with E-state index in [9.17, 15) is 24.6 Å². The highest BCUT2D eigenvalue weighted by Crippen LogP contribution is 2.70. The van der Waals surface area contributed by atoms with Gasteiger partial charge in [0, 0.05) is 11.8 Å². The normalized spacial score (nSPS) is 44.6. The monoisotopic (exact) mass is 899 g/mol. The van der Waals surface area contributed by atoms with Gasteiger partial charge in [-0.1, -0.05) is 47.8 Å². The fourth-order valence-corrected chi connectivity index (χ4v) is 17.4. The first-order chi connectivity index (χ1) is 29.7. The van der Waals surface area contributed by atoms with Crippen molar-refractivity contribution >= 4 is 17.5 Å². The van der Waals surface area contributed by atoms with Crippen LogP contribution in [0.1, 0.15) is 188 Å². The van der Waals surface area contributed by atoms with E-state index in [1.807, 2.05) is 19.9 Å². The molecule has 1 amide bonds. The molecule has 0 aliphatic heterocycles. The van der Waals surface area contributed by atoms with Crippen LogP contribution in [-0.2, 0) is 22.7 Å². The number of amides is 1. The Morgan fingerprint density at radius 2 is 1.15 bits per heavy atom. The number of nitrogens with two attached hydrogens (primary N) is 1. The first-order valence-corrected chi connectivity index (χ1v) is 24.7. The number of carbonyl (C=O) groups is 3. The van der Waals surface area contributed by atoms with Crippen LogP contribution in [0.5, 0.6) is 0 Å². The van der Waals surface area contributed by atoms with Crippen molar-refractivity contribution in [1.29, 1.82) is 5.26 Å². The number of rotatable bonds is 7. The fourth-order valence-electron chi connectivity index (χ4n) is 17.4. The molecule has 0 spiro atoms. The largest absolute Gasteiger partial charge is 0.390 e. The maximum atomic E-state index is 13.3. The second kappa shape index (κ2) is 17.5. The first-order valence-electron chi connectivity index (χ1n) is 24.7. The summed E-state index contributed by atoms with van der Waals surface area (Å²) in [6.45, 7) is 14.1. The molecule has 10 rings (SSSR count). The molecule has 65 heavy (non-hydrogen) atoms. The van der Waals surface area contributed by atoms with Crippen LogP contribution in [-0.4, -0.2) is 68.9 Å². The van der Waals surface area contributed by atoms with E-state index in [-0.39, 0.29) is 73.6 Å². The number of aromatic nitrogens is 6. The minimum absolute atomic E-state index is 0. The van der Waals surface area contributed by atoms with Gasteiger partial charge in [-0.05, 0) is 198 Å². The molecule has 2 heterocycles. The second-order valence-corrected chi connectivity index (χ2v) is 24.0. The van der Waals surface area contributed by atoms with Gasteiger partial charge in [0.25, 0.3) is 5.91 Å². The number of carbonyl (C=O) groups excluding carboxylic acids is 3. The second-order valence-electron chi connectivity index (χ2n) is 24.0. The number of nitrogens with zero attached hydrogens (tertiary/aromatic N) is 7. The Morgan fingerprint density at radius 3 is 1.60 bits per heavy atom. The topological polar surface area (TPSA) is 203 Å². The molecular formula is C52H82N8O5. The van der Waals surface area contributed by atoms with Crippen molar-refractivity contribution in [3.63, 3.8) is 0 Å². The number of nitriles is 1. The molecule has 13 nitrogen and oxygen atoms in total. The summed E-state index contributed by atoms with van der Waals surface area (Å²) in [6.07, 6.45) is 22.7. The molecule has 13 heteroatoms. The molecule has 8 saturated carbocycles. The molecule has 8 aliphatic carbocycles. The van der Waals surface area contributed by atoms with Crippen molar-refractivity contribution in [2.75, 3.05) is 0 Å². The molecule has 0 radical (unpaired) electrons. The van der Waals surface area contributed by atoms with Gasteiger partial charge in [0.05, 0.1) is 23.6 Å². The Labute approximate surface area is 388 Å². The lowest BCUT2D eigenvalue weighted by Crippen LogP contribution is -2.55. The molecule has 8 fully saturated rings. The van der Waals surface area contributed by atoms with Gasteiger partial charge in [-0.2, -0.15) is 15.2 Å². The molecule has 8 aliphatic rings. The number of ketones is 2. The summed E-state index contributed by atoms with van der Waals surface area (Å²) in [5.41, 5.74) is 5.46. The van der Waals surface area contributed by atoms with Crippen molar-refractivity contribution in [2.24, 2.45) is 86.6 Å². The minimum atomic E-state index is -0.622. The highest BCUT2D eigenvalue weighted by atomic mass is 16.3. The van der Waals surface area contributed by atoms with Crippen LogP contribution in [0.3, 0.4) is 0 Å². The molecule has 4 N–H and O–H groups in total. The van der Waals surface area contributed by atoms with Crippen molar-refractivity contribution in [1.82, 2.24) is 30.0 Å². The Balaban J connectivity index is 0.000000188. The third kappa shape index (κ3) is 8.45. The first kappa shape index (κ1) is 49.4. The number of primary amides is 1. The van der Waals surface area contributed by atoms with Gasteiger partial charge in [-0.25, -0.2) is 4.68 Å². The summed E-state index contributed by atoms with van der Waals surface area (Å²) >= 11 is 0. The molecule has 16 atom stereocenters. The Morgan fingerprint density at radius 1 is 0.677 bits per heavy atom. The van der Waals surface area contributed by atoms with Gasteiger partial charge >= 0.3 is 0 Å². The summed E-state index contributed by atoms with van der Waals surface area (Å²) in [7, 11) is 0. The van der Waals surface area contributed by atoms with Crippen LogP contribution in [0.2, 0.25) is 0 Å². The van der Waals surface area contributed by atoms with E-state index in [1.165, 1.54) is 60.4 Å². The predicted molar refractivity (Wildman–Crippen MR) is 248 cm³/mol. The maximum absolute atomic E-state index is 13.3. The Hall–Kier alpha value is -3.50. The zero-order valence-electron chi connectivity index (χ0n) is 38.9. The summed E-state index contributed by atoms with van der Waals surface area (Å²) in [6, 6.07) is 1.98. The van der Waals surface area contributed by atoms with Crippen LogP contribution in [0.25, 0.3) is 0 Å². The smallest absolute Gasteiger partial charge is 0.270 e. The van der Waals surface area contributed by atoms with Crippen LogP contribution in [0, 0.1) is 92.2 Å². The summed E-state index contributed by atoms with van der Waals surface area (Å²) in [5.74, 6) is 5.31. The van der Waals surface area contributed by atoms with Gasteiger partial charge < -0.3 is 15.9 Å². The number of aliphatic hydroxyl groups is 2. The van der Waals surface area contributed by atoms with E-state index in [2.05, 4.69) is 48.2 Å². The number of hydrogen-bond donors (Lipinski definition) is 3. The quantitative estimate of drug-likeness (QED) is 0.241. The minimum Gasteiger partial charge on any atom is -0.390 e. The van der Waals surface area contributed by atoms with Crippen molar-refractivity contribution < 1.29 is 24.6 Å². The zero-order valence-corrected chi connectivity index (χ0v) is 38.9. The summed E-state index contributed by atoms with van der Waals surface area (Å²) < 4.78 is 1.46. The fraction of sp³-hybridized carbons (Fsp3) is 0.846. The van der Waals surface area contributed by atoms with Gasteiger partial charge in [0.15, 0.2) is 23.0 Å². The van der Waals surface area contributed by atoms with Crippen molar-refractivity contribution in [2.45, 2.75) is 196 Å². The molecular weight excluding hydrogens is 817 g/mol. The van der Waals surface area contributed by atoms with Crippen LogP contribution in [0.4, 0.5) is 0 Å². The van der Waals surface area contributed by atoms with E-state index < -0.39 is 17.1 Å². The molecule has 0 saturated heterocycles. The average molecular weight is 899 g/mol. The molecule has 0 unspecified atom stereocenters. The van der Waals surface area contributed by atoms with E-state index >= 15 is 0 Å². The zero-order chi connectivity index (χ0) is 44.9. The van der Waals surface area contributed by atoms with Crippen molar-refractivity contribution in [3.05, 3.63) is 23.8 Å². The molecule has 2 aromatic heterocycles. The van der Waals surface area contributed by atoms with E-state index in [0.29, 0.717) is 46.3 Å². The van der Waals surface area contributed by atoms with Gasteiger partial charge in [-0.15, -0.1) is 10.2 Å². The maximum Gasteiger partial charge on any atom is 0.270 e. The number of Topliss-reactive ketones (excluding diaryl/α,β-unsaturated/α-hetero) is 2. The highest BCUT2D eigenvalue weighted by Gasteiger charge is 2.63. The van der Waals surface area contributed by atoms with E-state index in [4.69, 9.17) is 11.0 Å². The standard InChI is InChI=1S/C25H38N4O3.C25H36N4O2.2CH4/c1-23(32)10-11-24(2)15(12-23)4-5-16-17-6-7-19(25(17,3)9-8-18(16)24)21(30)14-29-13-20(22(26)31)27-28-29;1-23(31)10-11-24(2)16(12-23)4-5-18-19-6-7-21(25(19,3)9-8-20(18)24)22(30)15-29-27-14-17(13-26)28-29;;/h13,15-19,32H,4-12,14H2,1-3H3,(H2,26,31);14,16,18-21,31H,4-12,15H2,1-3H3;2*1H4/t15-,16+,17+,18+,19-,23-,24+,25+;16-,18+,19+,20+,21-,23-,24+,25+;;/m11../s1. The predicted octanol–water partition coefficient (Wildman–Crippen LogP) is 8.76. The van der Waals surface area contributed by atoms with E-state index in [1.54, 1.807) is 0 Å². The molecule has 360 valence electrons. The van der Waals surface area contributed by atoms with Gasteiger partial charge in [0.1, 0.15) is 19.2 Å². The summed E-state index contributed by atoms with van der Waals surface area (Å²) in [4.78, 5) is 39.3. The lowest BCUT2D eigenvalue weighted by molar-refractivity contribution is -0.151. The molecule has 2 aromatic rings. The lowest BCUT2D eigenvalue weighted by atomic mass is 9.44.